The first kappa shape index (κ1) is 13.7. The molecular weight excluding hydrogens is 264 g/mol. The van der Waals surface area contributed by atoms with E-state index >= 15 is 0 Å². The van der Waals surface area contributed by atoms with Gasteiger partial charge >= 0.3 is 0 Å². The van der Waals surface area contributed by atoms with E-state index in [1.807, 2.05) is 24.3 Å². The molecule has 108 valence electrons. The molecule has 0 bridgehead atoms. The van der Waals surface area contributed by atoms with Crippen LogP contribution in [-0.2, 0) is 0 Å². The fourth-order valence-electron chi connectivity index (χ4n) is 2.55. The number of amides is 1. The summed E-state index contributed by atoms with van der Waals surface area (Å²) in [5.74, 6) is -0.110. The largest absolute Gasteiger partial charge is 0.347 e. The Morgan fingerprint density at radius 3 is 2.95 bits per heavy atom. The molecule has 21 heavy (non-hydrogen) atoms. The number of nitrogens with zero attached hydrogens (tertiary/aromatic N) is 3. The molecule has 5 heteroatoms. The zero-order valence-electron chi connectivity index (χ0n) is 12.0. The van der Waals surface area contributed by atoms with Gasteiger partial charge in [0.1, 0.15) is 5.69 Å². The maximum Gasteiger partial charge on any atom is 0.270 e. The first-order valence-corrected chi connectivity index (χ1v) is 7.09. The monoisotopic (exact) mass is 282 g/mol. The lowest BCUT2D eigenvalue weighted by atomic mass is 10.1. The van der Waals surface area contributed by atoms with E-state index < -0.39 is 0 Å². The average Bonchev–Trinajstić information content (AvgIpc) is 2.93. The van der Waals surface area contributed by atoms with Crippen LogP contribution in [0, 0.1) is 0 Å². The van der Waals surface area contributed by atoms with Gasteiger partial charge in [0.25, 0.3) is 5.91 Å². The minimum atomic E-state index is -0.110. The number of likely N-dealkylation sites (N-methyl/N-ethyl adjacent to an activating group) is 1. The van der Waals surface area contributed by atoms with Gasteiger partial charge in [-0.25, -0.2) is 4.98 Å². The summed E-state index contributed by atoms with van der Waals surface area (Å²) >= 11 is 0. The van der Waals surface area contributed by atoms with Crippen LogP contribution >= 0.6 is 0 Å². The molecule has 0 spiro atoms. The van der Waals surface area contributed by atoms with Crippen LogP contribution in [0.5, 0.6) is 0 Å². The van der Waals surface area contributed by atoms with Gasteiger partial charge in [0.05, 0.1) is 5.69 Å². The minimum Gasteiger partial charge on any atom is -0.347 e. The third kappa shape index (κ3) is 3.25. The van der Waals surface area contributed by atoms with Crippen molar-refractivity contribution < 1.29 is 4.79 Å². The van der Waals surface area contributed by atoms with E-state index in [-0.39, 0.29) is 11.9 Å². The van der Waals surface area contributed by atoms with E-state index in [0.717, 1.165) is 30.8 Å². The third-order valence-electron chi connectivity index (χ3n) is 3.67. The SMILES string of the molecule is CN1CCC(NC(=O)c2cccc(-c3cccnc3)n2)C1. The molecule has 0 radical (unpaired) electrons. The Labute approximate surface area is 124 Å². The van der Waals surface area contributed by atoms with Gasteiger partial charge in [0, 0.05) is 30.5 Å². The van der Waals surface area contributed by atoms with Crippen molar-refractivity contribution in [2.75, 3.05) is 20.1 Å². The van der Waals surface area contributed by atoms with Crippen LogP contribution in [0.25, 0.3) is 11.3 Å². The Hall–Kier alpha value is -2.27. The number of carbonyl (C=O) groups excluding carboxylic acids is 1. The lowest BCUT2D eigenvalue weighted by molar-refractivity contribution is 0.0933. The molecule has 2 aromatic rings. The molecule has 1 unspecified atom stereocenters. The van der Waals surface area contributed by atoms with Crippen LogP contribution in [0.1, 0.15) is 16.9 Å². The van der Waals surface area contributed by atoms with Gasteiger partial charge in [-0.1, -0.05) is 6.07 Å². The van der Waals surface area contributed by atoms with E-state index in [2.05, 4.69) is 27.2 Å². The number of pyridine rings is 2. The number of rotatable bonds is 3. The van der Waals surface area contributed by atoms with Crippen LogP contribution in [0.2, 0.25) is 0 Å². The standard InChI is InChI=1S/C16H18N4O/c1-20-9-7-13(11-20)18-16(21)15-6-2-5-14(19-15)12-4-3-8-17-10-12/h2-6,8,10,13H,7,9,11H2,1H3,(H,18,21). The van der Waals surface area contributed by atoms with Crippen molar-refractivity contribution in [2.24, 2.45) is 0 Å². The number of hydrogen-bond donors (Lipinski definition) is 1. The maximum absolute atomic E-state index is 12.3. The lowest BCUT2D eigenvalue weighted by Crippen LogP contribution is -2.36. The van der Waals surface area contributed by atoms with E-state index in [4.69, 9.17) is 0 Å². The van der Waals surface area contributed by atoms with Crippen LogP contribution in [-0.4, -0.2) is 47.0 Å². The summed E-state index contributed by atoms with van der Waals surface area (Å²) in [5.41, 5.74) is 2.12. The zero-order valence-corrected chi connectivity index (χ0v) is 12.0. The summed E-state index contributed by atoms with van der Waals surface area (Å²) in [4.78, 5) is 23.0. The molecule has 3 rings (SSSR count). The molecule has 0 saturated carbocycles. The topological polar surface area (TPSA) is 58.1 Å². The average molecular weight is 282 g/mol. The zero-order chi connectivity index (χ0) is 14.7. The lowest BCUT2D eigenvalue weighted by Gasteiger charge is -2.12. The maximum atomic E-state index is 12.3. The Balaban J connectivity index is 1.75. The molecule has 1 fully saturated rings. The summed E-state index contributed by atoms with van der Waals surface area (Å²) in [5, 5.41) is 3.05. The summed E-state index contributed by atoms with van der Waals surface area (Å²) in [6, 6.07) is 9.49. The first-order chi connectivity index (χ1) is 10.2. The summed E-state index contributed by atoms with van der Waals surface area (Å²) in [6.45, 7) is 1.92. The van der Waals surface area contributed by atoms with E-state index in [9.17, 15) is 4.79 Å². The van der Waals surface area contributed by atoms with Crippen LogP contribution < -0.4 is 5.32 Å². The molecule has 1 atom stereocenters. The Bertz CT molecular complexity index is 629. The third-order valence-corrected chi connectivity index (χ3v) is 3.67. The van der Waals surface area contributed by atoms with Gasteiger partial charge in [-0.3, -0.25) is 9.78 Å². The summed E-state index contributed by atoms with van der Waals surface area (Å²) in [6.07, 6.45) is 4.46. The highest BCUT2D eigenvalue weighted by atomic mass is 16.1. The van der Waals surface area contributed by atoms with Gasteiger partial charge < -0.3 is 10.2 Å². The van der Waals surface area contributed by atoms with Crippen molar-refractivity contribution in [3.8, 4) is 11.3 Å². The first-order valence-electron chi connectivity index (χ1n) is 7.09. The van der Waals surface area contributed by atoms with Crippen LogP contribution in [0.3, 0.4) is 0 Å². The van der Waals surface area contributed by atoms with Gasteiger partial charge in [0.2, 0.25) is 0 Å². The normalized spacial score (nSPS) is 18.6. The van der Waals surface area contributed by atoms with E-state index in [1.165, 1.54) is 0 Å². The number of hydrogen-bond acceptors (Lipinski definition) is 4. The van der Waals surface area contributed by atoms with Crippen molar-refractivity contribution in [1.82, 2.24) is 20.2 Å². The smallest absolute Gasteiger partial charge is 0.270 e. The van der Waals surface area contributed by atoms with Crippen molar-refractivity contribution in [3.63, 3.8) is 0 Å². The number of nitrogens with one attached hydrogen (secondary N) is 1. The molecule has 1 aliphatic rings. The highest BCUT2D eigenvalue weighted by molar-refractivity contribution is 5.93. The van der Waals surface area contributed by atoms with Crippen molar-refractivity contribution in [2.45, 2.75) is 12.5 Å². The second-order valence-electron chi connectivity index (χ2n) is 5.37. The van der Waals surface area contributed by atoms with E-state index in [1.54, 1.807) is 18.5 Å². The summed E-state index contributed by atoms with van der Waals surface area (Å²) < 4.78 is 0. The fraction of sp³-hybridized carbons (Fsp3) is 0.312. The molecule has 1 aliphatic heterocycles. The Morgan fingerprint density at radius 2 is 2.24 bits per heavy atom. The Kier molecular flexibility index (Phi) is 3.92. The highest BCUT2D eigenvalue weighted by Crippen LogP contribution is 2.15. The number of carbonyl (C=O) groups is 1. The van der Waals surface area contributed by atoms with Gasteiger partial charge in [0.15, 0.2) is 0 Å². The number of aromatic nitrogens is 2. The van der Waals surface area contributed by atoms with Gasteiger partial charge in [-0.05, 0) is 44.3 Å². The van der Waals surface area contributed by atoms with Crippen molar-refractivity contribution in [3.05, 3.63) is 48.4 Å². The predicted octanol–water partition coefficient (Wildman–Crippen LogP) is 1.58. The second kappa shape index (κ2) is 6.01. The predicted molar refractivity (Wildman–Crippen MR) is 80.8 cm³/mol. The molecule has 5 nitrogen and oxygen atoms in total. The molecule has 1 N–H and O–H groups in total. The summed E-state index contributed by atoms with van der Waals surface area (Å²) in [7, 11) is 2.06. The molecule has 0 aliphatic carbocycles. The minimum absolute atomic E-state index is 0.110. The molecule has 2 aromatic heterocycles. The van der Waals surface area contributed by atoms with Crippen molar-refractivity contribution >= 4 is 5.91 Å². The van der Waals surface area contributed by atoms with Gasteiger partial charge in [-0.2, -0.15) is 0 Å². The quantitative estimate of drug-likeness (QED) is 0.928. The highest BCUT2D eigenvalue weighted by Gasteiger charge is 2.22. The molecule has 1 amide bonds. The van der Waals surface area contributed by atoms with E-state index in [0.29, 0.717) is 5.69 Å². The second-order valence-corrected chi connectivity index (χ2v) is 5.37. The molecular formula is C16H18N4O. The van der Waals surface area contributed by atoms with Gasteiger partial charge in [-0.15, -0.1) is 0 Å². The molecule has 0 aromatic carbocycles. The Morgan fingerprint density at radius 1 is 1.33 bits per heavy atom. The van der Waals surface area contributed by atoms with Crippen molar-refractivity contribution in [1.29, 1.82) is 0 Å². The van der Waals surface area contributed by atoms with Crippen LogP contribution in [0.15, 0.2) is 42.7 Å². The molecule has 3 heterocycles. The fourth-order valence-corrected chi connectivity index (χ4v) is 2.55. The van der Waals surface area contributed by atoms with Crippen LogP contribution in [0.4, 0.5) is 0 Å². The number of likely N-dealkylation sites (tertiary alicyclic amines) is 1. The molecule has 1 saturated heterocycles.